The Morgan fingerprint density at radius 1 is 0.895 bits per heavy atom. The van der Waals surface area contributed by atoms with Gasteiger partial charge in [0.05, 0.1) is 5.69 Å². The molecule has 2 aromatic rings. The van der Waals surface area contributed by atoms with Crippen LogP contribution in [0.3, 0.4) is 0 Å². The highest BCUT2D eigenvalue weighted by molar-refractivity contribution is 6.15. The van der Waals surface area contributed by atoms with Gasteiger partial charge in [0.25, 0.3) is 0 Å². The van der Waals surface area contributed by atoms with Gasteiger partial charge in [-0.3, -0.25) is 0 Å². The molecule has 0 unspecified atom stereocenters. The molecule has 0 bridgehead atoms. The first-order valence-corrected chi connectivity index (χ1v) is 5.79. The Morgan fingerprint density at radius 3 is 1.89 bits per heavy atom. The lowest BCUT2D eigenvalue weighted by Gasteiger charge is -2.09. The summed E-state index contributed by atoms with van der Waals surface area (Å²) in [5.41, 5.74) is 2.58. The van der Waals surface area contributed by atoms with Crippen molar-refractivity contribution in [2.24, 2.45) is 10.3 Å². The highest BCUT2D eigenvalue weighted by atomic mass is 16.4. The number of para-hydroxylation sites is 1. The number of aromatic nitrogens is 3. The van der Waals surface area contributed by atoms with Crippen LogP contribution in [0.5, 0.6) is 0 Å². The van der Waals surface area contributed by atoms with Crippen molar-refractivity contribution in [1.29, 1.82) is 0 Å². The monoisotopic (exact) mass is 257 g/mol. The molecule has 0 saturated carbocycles. The Bertz CT molecular complexity index is 623. The molecule has 0 atom stereocenters. The maximum atomic E-state index is 8.99. The van der Waals surface area contributed by atoms with Crippen molar-refractivity contribution in [3.63, 3.8) is 0 Å². The number of rotatable bonds is 1. The van der Waals surface area contributed by atoms with Crippen LogP contribution >= 0.6 is 0 Å². The first-order chi connectivity index (χ1) is 9.33. The molecule has 7 heteroatoms. The molecule has 1 aliphatic carbocycles. The standard InChI is InChI=1S/C12H11N5O2/c18-15-9-6-7-10(16-19)12-11(9)13-17(14-12)8-4-2-1-3-5-8/h1-5,18-19H,6-7H2/b15-9-,16-10+. The molecule has 2 N–H and O–H groups in total. The summed E-state index contributed by atoms with van der Waals surface area (Å²) in [4.78, 5) is 1.44. The third-order valence-corrected chi connectivity index (χ3v) is 2.99. The maximum absolute atomic E-state index is 8.99. The van der Waals surface area contributed by atoms with Gasteiger partial charge in [-0.15, -0.1) is 10.2 Å². The van der Waals surface area contributed by atoms with Gasteiger partial charge in [-0.1, -0.05) is 28.5 Å². The van der Waals surface area contributed by atoms with E-state index in [1.54, 1.807) is 0 Å². The summed E-state index contributed by atoms with van der Waals surface area (Å²) in [6.07, 6.45) is 0.937. The third kappa shape index (κ3) is 1.85. The van der Waals surface area contributed by atoms with Crippen LogP contribution in [0.4, 0.5) is 0 Å². The number of oxime groups is 2. The zero-order chi connectivity index (χ0) is 13.2. The first kappa shape index (κ1) is 11.4. The van der Waals surface area contributed by atoms with Crippen LogP contribution in [0.25, 0.3) is 5.69 Å². The second kappa shape index (κ2) is 4.52. The Labute approximate surface area is 108 Å². The Morgan fingerprint density at radius 2 is 1.42 bits per heavy atom. The van der Waals surface area contributed by atoms with E-state index in [1.165, 1.54) is 4.80 Å². The fourth-order valence-corrected chi connectivity index (χ4v) is 2.04. The lowest BCUT2D eigenvalue weighted by Crippen LogP contribution is -2.18. The van der Waals surface area contributed by atoms with E-state index in [9.17, 15) is 0 Å². The summed E-state index contributed by atoms with van der Waals surface area (Å²) in [7, 11) is 0. The lowest BCUT2D eigenvalue weighted by atomic mass is 9.97. The third-order valence-electron chi connectivity index (χ3n) is 2.99. The van der Waals surface area contributed by atoms with E-state index < -0.39 is 0 Å². The van der Waals surface area contributed by atoms with Crippen molar-refractivity contribution < 1.29 is 10.4 Å². The summed E-state index contributed by atoms with van der Waals surface area (Å²) >= 11 is 0. The number of hydrogen-bond donors (Lipinski definition) is 2. The van der Waals surface area contributed by atoms with Crippen molar-refractivity contribution in [1.82, 2.24) is 15.0 Å². The molecule has 0 fully saturated rings. The first-order valence-electron chi connectivity index (χ1n) is 5.79. The maximum Gasteiger partial charge on any atom is 0.140 e. The molecule has 0 amide bonds. The van der Waals surface area contributed by atoms with Crippen LogP contribution in [-0.4, -0.2) is 36.8 Å². The van der Waals surface area contributed by atoms with Gasteiger partial charge in [0.1, 0.15) is 22.8 Å². The fraction of sp³-hybridized carbons (Fsp3) is 0.167. The molecule has 1 aliphatic rings. The van der Waals surface area contributed by atoms with Crippen LogP contribution in [-0.2, 0) is 0 Å². The molecular weight excluding hydrogens is 246 g/mol. The van der Waals surface area contributed by atoms with Gasteiger partial charge in [0, 0.05) is 12.8 Å². The average Bonchev–Trinajstić information content (AvgIpc) is 2.92. The SMILES string of the molecule is O/N=C1/CC/C(=N\O)c2nn(-c3ccccc3)nc21. The number of hydrogen-bond acceptors (Lipinski definition) is 6. The molecule has 0 aliphatic heterocycles. The van der Waals surface area contributed by atoms with E-state index in [0.29, 0.717) is 35.7 Å². The molecule has 0 spiro atoms. The van der Waals surface area contributed by atoms with Crippen LogP contribution < -0.4 is 0 Å². The Kier molecular flexibility index (Phi) is 2.71. The average molecular weight is 257 g/mol. The number of fused-ring (bicyclic) bond motifs is 1. The summed E-state index contributed by atoms with van der Waals surface area (Å²) in [5, 5.41) is 33.0. The van der Waals surface area contributed by atoms with E-state index in [-0.39, 0.29) is 0 Å². The predicted molar refractivity (Wildman–Crippen MR) is 67.2 cm³/mol. The molecule has 19 heavy (non-hydrogen) atoms. The van der Waals surface area contributed by atoms with Crippen LogP contribution in [0.2, 0.25) is 0 Å². The minimum Gasteiger partial charge on any atom is -0.411 e. The van der Waals surface area contributed by atoms with E-state index in [1.807, 2.05) is 30.3 Å². The Hall–Kier alpha value is -2.70. The van der Waals surface area contributed by atoms with Gasteiger partial charge in [0.15, 0.2) is 0 Å². The van der Waals surface area contributed by atoms with Gasteiger partial charge >= 0.3 is 0 Å². The van der Waals surface area contributed by atoms with Gasteiger partial charge < -0.3 is 10.4 Å². The van der Waals surface area contributed by atoms with E-state index in [2.05, 4.69) is 20.5 Å². The van der Waals surface area contributed by atoms with Gasteiger partial charge in [-0.25, -0.2) is 0 Å². The highest BCUT2D eigenvalue weighted by Gasteiger charge is 2.27. The van der Waals surface area contributed by atoms with E-state index >= 15 is 0 Å². The predicted octanol–water partition coefficient (Wildman–Crippen LogP) is 1.42. The van der Waals surface area contributed by atoms with Crippen molar-refractivity contribution in [2.45, 2.75) is 12.8 Å². The minimum absolute atomic E-state index is 0.449. The van der Waals surface area contributed by atoms with Gasteiger partial charge in [-0.05, 0) is 12.1 Å². The second-order valence-corrected chi connectivity index (χ2v) is 4.12. The van der Waals surface area contributed by atoms with Crippen LogP contribution in [0.15, 0.2) is 40.6 Å². The molecule has 1 aromatic heterocycles. The topological polar surface area (TPSA) is 95.9 Å². The molecule has 1 aromatic carbocycles. The van der Waals surface area contributed by atoms with Gasteiger partial charge in [0.2, 0.25) is 0 Å². The van der Waals surface area contributed by atoms with Crippen molar-refractivity contribution in [3.8, 4) is 5.69 Å². The molecule has 0 saturated heterocycles. The van der Waals surface area contributed by atoms with Gasteiger partial charge in [-0.2, -0.15) is 4.80 Å². The fourth-order valence-electron chi connectivity index (χ4n) is 2.04. The zero-order valence-corrected chi connectivity index (χ0v) is 9.93. The second-order valence-electron chi connectivity index (χ2n) is 4.12. The summed E-state index contributed by atoms with van der Waals surface area (Å²) in [6.45, 7) is 0. The van der Waals surface area contributed by atoms with E-state index in [4.69, 9.17) is 10.4 Å². The van der Waals surface area contributed by atoms with Crippen molar-refractivity contribution in [2.75, 3.05) is 0 Å². The normalized spacial score (nSPS) is 18.7. The Balaban J connectivity index is 2.15. The molecule has 1 heterocycles. The zero-order valence-electron chi connectivity index (χ0n) is 9.93. The van der Waals surface area contributed by atoms with Crippen LogP contribution in [0, 0.1) is 0 Å². The molecular formula is C12H11N5O2. The summed E-state index contributed by atoms with van der Waals surface area (Å²) in [6, 6.07) is 9.36. The van der Waals surface area contributed by atoms with Crippen molar-refractivity contribution >= 4 is 11.4 Å². The lowest BCUT2D eigenvalue weighted by molar-refractivity contribution is 0.315. The quantitative estimate of drug-likeness (QED) is 0.596. The number of nitrogens with zero attached hydrogens (tertiary/aromatic N) is 5. The molecule has 0 radical (unpaired) electrons. The molecule has 96 valence electrons. The number of benzene rings is 1. The molecule has 3 rings (SSSR count). The summed E-state index contributed by atoms with van der Waals surface area (Å²) < 4.78 is 0. The van der Waals surface area contributed by atoms with Crippen LogP contribution in [0.1, 0.15) is 24.2 Å². The largest absolute Gasteiger partial charge is 0.411 e. The molecule has 7 nitrogen and oxygen atoms in total. The van der Waals surface area contributed by atoms with E-state index in [0.717, 1.165) is 5.69 Å². The summed E-state index contributed by atoms with van der Waals surface area (Å²) in [5.74, 6) is 0. The van der Waals surface area contributed by atoms with Crippen molar-refractivity contribution in [3.05, 3.63) is 41.7 Å². The minimum atomic E-state index is 0.449. The smallest absolute Gasteiger partial charge is 0.140 e. The highest BCUT2D eigenvalue weighted by Crippen LogP contribution is 2.20.